The van der Waals surface area contributed by atoms with Gasteiger partial charge in [-0.15, -0.1) is 0 Å². The topological polar surface area (TPSA) is 23.5 Å². The summed E-state index contributed by atoms with van der Waals surface area (Å²) in [6.45, 7) is 4.69. The maximum atomic E-state index is 9.57. The second-order valence-electron chi connectivity index (χ2n) is 4.96. The molecule has 0 aromatic rings. The van der Waals surface area contributed by atoms with Crippen LogP contribution in [0.2, 0.25) is 0 Å². The largest absolute Gasteiger partial charge is 0.393 e. The lowest BCUT2D eigenvalue weighted by atomic mass is 10.1. The number of aliphatic hydroxyl groups excluding tert-OH is 1. The molecule has 82 valence electrons. The van der Waals surface area contributed by atoms with Crippen molar-refractivity contribution in [2.45, 2.75) is 57.6 Å². The second-order valence-corrected chi connectivity index (χ2v) is 4.96. The highest BCUT2D eigenvalue weighted by Crippen LogP contribution is 2.40. The number of aliphatic hydroxyl groups is 1. The fourth-order valence-corrected chi connectivity index (χ4v) is 2.70. The van der Waals surface area contributed by atoms with E-state index in [0.29, 0.717) is 0 Å². The number of nitrogens with zero attached hydrogens (tertiary/aromatic N) is 1. The molecule has 1 heterocycles. The standard InChI is InChI=1S/C12H23NO/c1-2-11(14)8-10-9-12(10)13-6-4-3-5-7-13/h10-12,14H,2-9H2,1H3. The van der Waals surface area contributed by atoms with Gasteiger partial charge in [0.2, 0.25) is 0 Å². The minimum atomic E-state index is -0.0465. The average molecular weight is 197 g/mol. The molecule has 0 spiro atoms. The van der Waals surface area contributed by atoms with Crippen molar-refractivity contribution in [1.29, 1.82) is 0 Å². The molecule has 2 nitrogen and oxygen atoms in total. The molecule has 1 saturated heterocycles. The molecule has 14 heavy (non-hydrogen) atoms. The number of hydrogen-bond acceptors (Lipinski definition) is 2. The van der Waals surface area contributed by atoms with Gasteiger partial charge in [-0.25, -0.2) is 0 Å². The Kier molecular flexibility index (Phi) is 3.45. The highest BCUT2D eigenvalue weighted by molar-refractivity contribution is 4.96. The monoisotopic (exact) mass is 197 g/mol. The summed E-state index contributed by atoms with van der Waals surface area (Å²) in [6.07, 6.45) is 7.46. The van der Waals surface area contributed by atoms with Crippen LogP contribution in [0.1, 0.15) is 45.4 Å². The highest BCUT2D eigenvalue weighted by atomic mass is 16.3. The van der Waals surface area contributed by atoms with Crippen molar-refractivity contribution in [2.24, 2.45) is 5.92 Å². The van der Waals surface area contributed by atoms with Gasteiger partial charge in [-0.05, 0) is 51.1 Å². The molecule has 1 aliphatic heterocycles. The molecular weight excluding hydrogens is 174 g/mol. The third-order valence-electron chi connectivity index (χ3n) is 3.79. The van der Waals surface area contributed by atoms with E-state index in [0.717, 1.165) is 24.8 Å². The van der Waals surface area contributed by atoms with Gasteiger partial charge in [-0.2, -0.15) is 0 Å². The van der Waals surface area contributed by atoms with Crippen LogP contribution in [0.25, 0.3) is 0 Å². The highest BCUT2D eigenvalue weighted by Gasteiger charge is 2.42. The van der Waals surface area contributed by atoms with Crippen molar-refractivity contribution >= 4 is 0 Å². The van der Waals surface area contributed by atoms with Crippen molar-refractivity contribution in [3.05, 3.63) is 0 Å². The van der Waals surface area contributed by atoms with Crippen LogP contribution < -0.4 is 0 Å². The predicted octanol–water partition coefficient (Wildman–Crippen LogP) is 2.02. The quantitative estimate of drug-likeness (QED) is 0.745. The van der Waals surface area contributed by atoms with Gasteiger partial charge in [0.1, 0.15) is 0 Å². The van der Waals surface area contributed by atoms with Crippen LogP contribution in [0.15, 0.2) is 0 Å². The molecule has 0 aromatic carbocycles. The van der Waals surface area contributed by atoms with E-state index in [9.17, 15) is 5.11 Å². The Hall–Kier alpha value is -0.0800. The molecule has 3 unspecified atom stereocenters. The third kappa shape index (κ3) is 2.48. The van der Waals surface area contributed by atoms with Crippen LogP contribution in [0.3, 0.4) is 0 Å². The zero-order chi connectivity index (χ0) is 9.97. The van der Waals surface area contributed by atoms with Crippen LogP contribution in [0.4, 0.5) is 0 Å². The summed E-state index contributed by atoms with van der Waals surface area (Å²) in [4.78, 5) is 2.65. The van der Waals surface area contributed by atoms with Crippen LogP contribution in [0, 0.1) is 5.92 Å². The number of hydrogen-bond donors (Lipinski definition) is 1. The SMILES string of the molecule is CCC(O)CC1CC1N1CCCCC1. The van der Waals surface area contributed by atoms with E-state index in [-0.39, 0.29) is 6.10 Å². The van der Waals surface area contributed by atoms with Gasteiger partial charge in [-0.1, -0.05) is 13.3 Å². The molecule has 0 aromatic heterocycles. The summed E-state index contributed by atoms with van der Waals surface area (Å²) in [6, 6.07) is 0.830. The second kappa shape index (κ2) is 4.63. The number of likely N-dealkylation sites (tertiary alicyclic amines) is 1. The fourth-order valence-electron chi connectivity index (χ4n) is 2.70. The van der Waals surface area contributed by atoms with E-state index in [4.69, 9.17) is 0 Å². The summed E-state index contributed by atoms with van der Waals surface area (Å²) in [5, 5.41) is 9.57. The maximum Gasteiger partial charge on any atom is 0.0540 e. The fraction of sp³-hybridized carbons (Fsp3) is 1.00. The van der Waals surface area contributed by atoms with Crippen LogP contribution in [0.5, 0.6) is 0 Å². The Bertz CT molecular complexity index is 177. The van der Waals surface area contributed by atoms with Crippen LogP contribution >= 0.6 is 0 Å². The average Bonchev–Trinajstić information content (AvgIpc) is 2.98. The lowest BCUT2D eigenvalue weighted by Crippen LogP contribution is -2.33. The molecule has 2 rings (SSSR count). The zero-order valence-electron chi connectivity index (χ0n) is 9.28. The van der Waals surface area contributed by atoms with Gasteiger partial charge in [0.25, 0.3) is 0 Å². The first-order chi connectivity index (χ1) is 6.81. The van der Waals surface area contributed by atoms with Crippen molar-refractivity contribution in [1.82, 2.24) is 4.90 Å². The molecule has 0 bridgehead atoms. The summed E-state index contributed by atoms with van der Waals surface area (Å²) < 4.78 is 0. The van der Waals surface area contributed by atoms with Crippen molar-refractivity contribution < 1.29 is 5.11 Å². The molecule has 1 saturated carbocycles. The first-order valence-electron chi connectivity index (χ1n) is 6.23. The van der Waals surface area contributed by atoms with Crippen molar-refractivity contribution in [2.75, 3.05) is 13.1 Å². The summed E-state index contributed by atoms with van der Waals surface area (Å²) in [5.74, 6) is 0.808. The summed E-state index contributed by atoms with van der Waals surface area (Å²) >= 11 is 0. The van der Waals surface area contributed by atoms with Crippen LogP contribution in [-0.2, 0) is 0 Å². The summed E-state index contributed by atoms with van der Waals surface area (Å²) in [7, 11) is 0. The molecule has 2 fully saturated rings. The molecule has 3 atom stereocenters. The number of piperidine rings is 1. The molecule has 2 aliphatic rings. The summed E-state index contributed by atoms with van der Waals surface area (Å²) in [5.41, 5.74) is 0. The Morgan fingerprint density at radius 3 is 2.64 bits per heavy atom. The van der Waals surface area contributed by atoms with Gasteiger partial charge in [0.05, 0.1) is 6.10 Å². The first-order valence-corrected chi connectivity index (χ1v) is 6.23. The molecule has 0 radical (unpaired) electrons. The minimum Gasteiger partial charge on any atom is -0.393 e. The maximum absolute atomic E-state index is 9.57. The Morgan fingerprint density at radius 2 is 2.00 bits per heavy atom. The predicted molar refractivity (Wildman–Crippen MR) is 58.2 cm³/mol. The van der Waals surface area contributed by atoms with Gasteiger partial charge in [0.15, 0.2) is 0 Å². The van der Waals surface area contributed by atoms with E-state index in [1.54, 1.807) is 0 Å². The number of rotatable bonds is 4. The van der Waals surface area contributed by atoms with Gasteiger partial charge in [0, 0.05) is 6.04 Å². The molecule has 0 amide bonds. The molecular formula is C12H23NO. The smallest absolute Gasteiger partial charge is 0.0540 e. The van der Waals surface area contributed by atoms with Gasteiger partial charge >= 0.3 is 0 Å². The molecule has 1 N–H and O–H groups in total. The lowest BCUT2D eigenvalue weighted by molar-refractivity contribution is 0.142. The van der Waals surface area contributed by atoms with E-state index in [1.807, 2.05) is 0 Å². The van der Waals surface area contributed by atoms with Gasteiger partial charge in [-0.3, -0.25) is 0 Å². The van der Waals surface area contributed by atoms with Gasteiger partial charge < -0.3 is 10.0 Å². The first kappa shape index (κ1) is 10.4. The van der Waals surface area contributed by atoms with E-state index in [1.165, 1.54) is 38.8 Å². The van der Waals surface area contributed by atoms with Crippen LogP contribution in [-0.4, -0.2) is 35.2 Å². The van der Waals surface area contributed by atoms with E-state index < -0.39 is 0 Å². The third-order valence-corrected chi connectivity index (χ3v) is 3.79. The Balaban J connectivity index is 1.69. The Labute approximate surface area is 87.3 Å². The zero-order valence-corrected chi connectivity index (χ0v) is 9.28. The molecule has 1 aliphatic carbocycles. The lowest BCUT2D eigenvalue weighted by Gasteiger charge is -2.27. The molecule has 2 heteroatoms. The van der Waals surface area contributed by atoms with Crippen molar-refractivity contribution in [3.63, 3.8) is 0 Å². The van der Waals surface area contributed by atoms with E-state index in [2.05, 4.69) is 11.8 Å². The Morgan fingerprint density at radius 1 is 1.29 bits per heavy atom. The minimum absolute atomic E-state index is 0.0465. The van der Waals surface area contributed by atoms with E-state index >= 15 is 0 Å². The van der Waals surface area contributed by atoms with Crippen molar-refractivity contribution in [3.8, 4) is 0 Å². The normalized spacial score (nSPS) is 35.6.